The van der Waals surface area contributed by atoms with Gasteiger partial charge in [0.25, 0.3) is 0 Å². The molecule has 0 unspecified atom stereocenters. The van der Waals surface area contributed by atoms with E-state index in [1.165, 1.54) is 18.9 Å². The number of aryl methyl sites for hydroxylation is 1. The fourth-order valence-electron chi connectivity index (χ4n) is 3.03. The van der Waals surface area contributed by atoms with Gasteiger partial charge >= 0.3 is 0 Å². The van der Waals surface area contributed by atoms with Crippen molar-refractivity contribution < 1.29 is 4.39 Å². The maximum atomic E-state index is 13.6. The van der Waals surface area contributed by atoms with E-state index in [0.717, 1.165) is 43.5 Å². The Morgan fingerprint density at radius 3 is 2.80 bits per heavy atom. The summed E-state index contributed by atoms with van der Waals surface area (Å²) < 4.78 is 14.5. The Morgan fingerprint density at radius 2 is 2.04 bits per heavy atom. The van der Waals surface area contributed by atoms with Crippen LogP contribution in [-0.4, -0.2) is 4.98 Å². The zero-order valence-electron chi connectivity index (χ0n) is 13.9. The molecule has 4 heteroatoms. The molecule has 0 amide bonds. The van der Waals surface area contributed by atoms with Crippen LogP contribution < -0.4 is 5.32 Å². The second-order valence-electron chi connectivity index (χ2n) is 6.61. The third-order valence-electron chi connectivity index (χ3n) is 4.69. The predicted octanol–water partition coefficient (Wildman–Crippen LogP) is 6.45. The van der Waals surface area contributed by atoms with Gasteiger partial charge in [0.05, 0.1) is 4.47 Å². The van der Waals surface area contributed by atoms with Gasteiger partial charge in [-0.3, -0.25) is 0 Å². The van der Waals surface area contributed by atoms with Crippen LogP contribution in [0.25, 0.3) is 21.9 Å². The molecule has 2 nitrogen and oxygen atoms in total. The molecular weight excluding hydrogens is 379 g/mol. The Bertz CT molecular complexity index is 993. The third kappa shape index (κ3) is 3.19. The number of allylic oxidation sites excluding steroid dienone is 1. The van der Waals surface area contributed by atoms with Crippen LogP contribution in [0.2, 0.25) is 0 Å². The maximum absolute atomic E-state index is 13.6. The molecule has 0 spiro atoms. The molecule has 1 aliphatic rings. The first-order valence-corrected chi connectivity index (χ1v) is 9.13. The highest BCUT2D eigenvalue weighted by Crippen LogP contribution is 2.38. The van der Waals surface area contributed by atoms with Crippen molar-refractivity contribution in [1.29, 1.82) is 0 Å². The molecule has 25 heavy (non-hydrogen) atoms. The summed E-state index contributed by atoms with van der Waals surface area (Å²) >= 11 is 3.66. The number of nitrogens with zero attached hydrogens (tertiary/aromatic N) is 1. The first-order valence-electron chi connectivity index (χ1n) is 8.33. The molecule has 2 aromatic carbocycles. The zero-order chi connectivity index (χ0) is 17.6. The quantitative estimate of drug-likeness (QED) is 0.548. The highest BCUT2D eigenvalue weighted by atomic mass is 79.9. The lowest BCUT2D eigenvalue weighted by Gasteiger charge is -2.13. The van der Waals surface area contributed by atoms with Gasteiger partial charge in [-0.25, -0.2) is 9.37 Å². The van der Waals surface area contributed by atoms with Crippen LogP contribution in [0.15, 0.2) is 59.3 Å². The van der Waals surface area contributed by atoms with Crippen molar-refractivity contribution in [3.8, 4) is 11.1 Å². The smallest absolute Gasteiger partial charge is 0.145 e. The summed E-state index contributed by atoms with van der Waals surface area (Å²) in [5, 5.41) is 5.40. The van der Waals surface area contributed by atoms with Crippen LogP contribution in [0.4, 0.5) is 10.2 Å². The van der Waals surface area contributed by atoms with Gasteiger partial charge in [0.1, 0.15) is 11.6 Å². The Hall–Kier alpha value is -2.20. The van der Waals surface area contributed by atoms with E-state index >= 15 is 0 Å². The van der Waals surface area contributed by atoms with Crippen LogP contribution in [-0.2, 0) is 0 Å². The molecular formula is C21H18BrFN2. The van der Waals surface area contributed by atoms with Gasteiger partial charge in [0.15, 0.2) is 0 Å². The first kappa shape index (κ1) is 16.3. The van der Waals surface area contributed by atoms with E-state index in [2.05, 4.69) is 32.8 Å². The standard InChI is InChI=1S/C21H18BrFN2/c1-12-3-7-17(23)10-19(12)15-6-8-18-16(9-15)11-24-21(20(18)22)25-13(2)14-4-5-14/h3,6-11,14H,2,4-5H2,1H3,(H,24,25). The number of aromatic nitrogens is 1. The SMILES string of the molecule is C=C(Nc1ncc2cc(-c3cc(F)ccc3C)ccc2c1Br)C1CC1. The van der Waals surface area contributed by atoms with Crippen LogP contribution in [0.1, 0.15) is 18.4 Å². The van der Waals surface area contributed by atoms with Gasteiger partial charge in [-0.05, 0) is 76.5 Å². The van der Waals surface area contributed by atoms with Gasteiger partial charge in [-0.1, -0.05) is 24.8 Å². The second kappa shape index (κ2) is 6.26. The monoisotopic (exact) mass is 396 g/mol. The molecule has 1 saturated carbocycles. The number of pyridine rings is 1. The highest BCUT2D eigenvalue weighted by Gasteiger charge is 2.25. The Kier molecular flexibility index (Phi) is 4.08. The summed E-state index contributed by atoms with van der Waals surface area (Å²) in [5.74, 6) is 1.14. The summed E-state index contributed by atoms with van der Waals surface area (Å²) in [4.78, 5) is 4.54. The van der Waals surface area contributed by atoms with Crippen LogP contribution >= 0.6 is 15.9 Å². The van der Waals surface area contributed by atoms with Crippen molar-refractivity contribution in [2.45, 2.75) is 19.8 Å². The zero-order valence-corrected chi connectivity index (χ0v) is 15.5. The maximum Gasteiger partial charge on any atom is 0.145 e. The predicted molar refractivity (Wildman–Crippen MR) is 105 cm³/mol. The van der Waals surface area contributed by atoms with Crippen molar-refractivity contribution in [3.63, 3.8) is 0 Å². The van der Waals surface area contributed by atoms with Crippen molar-refractivity contribution in [1.82, 2.24) is 4.98 Å². The highest BCUT2D eigenvalue weighted by molar-refractivity contribution is 9.10. The van der Waals surface area contributed by atoms with Gasteiger partial charge in [0.2, 0.25) is 0 Å². The minimum Gasteiger partial charge on any atom is -0.343 e. The second-order valence-corrected chi connectivity index (χ2v) is 7.40. The van der Waals surface area contributed by atoms with E-state index < -0.39 is 0 Å². The van der Waals surface area contributed by atoms with Gasteiger partial charge in [-0.2, -0.15) is 0 Å². The Labute approximate surface area is 154 Å². The summed E-state index contributed by atoms with van der Waals surface area (Å²) in [7, 11) is 0. The summed E-state index contributed by atoms with van der Waals surface area (Å²) in [6.07, 6.45) is 4.25. The topological polar surface area (TPSA) is 24.9 Å². The summed E-state index contributed by atoms with van der Waals surface area (Å²) in [6.45, 7) is 6.09. The molecule has 0 bridgehead atoms. The lowest BCUT2D eigenvalue weighted by molar-refractivity contribution is 0.628. The number of hydrogen-bond acceptors (Lipinski definition) is 2. The molecule has 1 heterocycles. The molecule has 126 valence electrons. The van der Waals surface area contributed by atoms with Crippen molar-refractivity contribution >= 4 is 32.5 Å². The number of nitrogens with one attached hydrogen (secondary N) is 1. The summed E-state index contributed by atoms with van der Waals surface area (Å²) in [6, 6.07) is 11.0. The molecule has 1 N–H and O–H groups in total. The average Bonchev–Trinajstić information content (AvgIpc) is 3.44. The molecule has 0 atom stereocenters. The fraction of sp³-hybridized carbons (Fsp3) is 0.190. The molecule has 0 saturated heterocycles. The Balaban J connectivity index is 1.74. The number of benzene rings is 2. The lowest BCUT2D eigenvalue weighted by atomic mass is 9.98. The van der Waals surface area contributed by atoms with Gasteiger partial charge < -0.3 is 5.32 Å². The molecule has 1 aromatic heterocycles. The third-order valence-corrected chi connectivity index (χ3v) is 5.49. The van der Waals surface area contributed by atoms with Gasteiger partial charge in [0, 0.05) is 22.7 Å². The van der Waals surface area contributed by atoms with E-state index in [0.29, 0.717) is 5.92 Å². The van der Waals surface area contributed by atoms with Crippen LogP contribution in [0.3, 0.4) is 0 Å². The van der Waals surface area contributed by atoms with Crippen LogP contribution in [0.5, 0.6) is 0 Å². The average molecular weight is 397 g/mol. The largest absolute Gasteiger partial charge is 0.343 e. The molecule has 3 aromatic rings. The molecule has 4 rings (SSSR count). The van der Waals surface area contributed by atoms with Crippen molar-refractivity contribution in [2.75, 3.05) is 5.32 Å². The lowest BCUT2D eigenvalue weighted by Crippen LogP contribution is -2.02. The van der Waals surface area contributed by atoms with Crippen molar-refractivity contribution in [3.05, 3.63) is 70.7 Å². The number of hydrogen-bond donors (Lipinski definition) is 1. The molecule has 1 aliphatic carbocycles. The van der Waals surface area contributed by atoms with E-state index in [-0.39, 0.29) is 5.82 Å². The van der Waals surface area contributed by atoms with Crippen LogP contribution in [0, 0.1) is 18.7 Å². The van der Waals surface area contributed by atoms with Crippen molar-refractivity contribution in [2.24, 2.45) is 5.92 Å². The molecule has 1 fully saturated rings. The minimum atomic E-state index is -0.224. The minimum absolute atomic E-state index is 0.224. The molecule has 0 aliphatic heterocycles. The fourth-order valence-corrected chi connectivity index (χ4v) is 3.60. The van der Waals surface area contributed by atoms with E-state index in [4.69, 9.17) is 0 Å². The first-order chi connectivity index (χ1) is 12.0. The number of anilines is 1. The number of fused-ring (bicyclic) bond motifs is 1. The normalized spacial score (nSPS) is 13.9. The number of halogens is 2. The van der Waals surface area contributed by atoms with Gasteiger partial charge in [-0.15, -0.1) is 0 Å². The Morgan fingerprint density at radius 1 is 1.24 bits per heavy atom. The van der Waals surface area contributed by atoms with E-state index in [9.17, 15) is 4.39 Å². The van der Waals surface area contributed by atoms with E-state index in [1.807, 2.05) is 31.3 Å². The molecule has 0 radical (unpaired) electrons. The number of rotatable bonds is 4. The summed E-state index contributed by atoms with van der Waals surface area (Å²) in [5.41, 5.74) is 3.97. The van der Waals surface area contributed by atoms with E-state index in [1.54, 1.807) is 12.1 Å².